The molecule has 0 saturated heterocycles. The molecule has 0 bridgehead atoms. The Morgan fingerprint density at radius 2 is 1.64 bits per heavy atom. The van der Waals surface area contributed by atoms with E-state index < -0.39 is 0 Å². The molecular formula is C12H12N2. The van der Waals surface area contributed by atoms with Gasteiger partial charge in [-0.3, -0.25) is 4.98 Å². The lowest BCUT2D eigenvalue weighted by molar-refractivity contribution is 0.863. The molecule has 1 heterocycles. The predicted octanol–water partition coefficient (Wildman–Crippen LogP) is 2.13. The van der Waals surface area contributed by atoms with E-state index >= 15 is 0 Å². The zero-order valence-electron chi connectivity index (χ0n) is 7.80. The first-order chi connectivity index (χ1) is 6.88. The van der Waals surface area contributed by atoms with Crippen molar-refractivity contribution < 1.29 is 0 Å². The quantitative estimate of drug-likeness (QED) is 0.776. The van der Waals surface area contributed by atoms with Gasteiger partial charge in [0.25, 0.3) is 0 Å². The van der Waals surface area contributed by atoms with Crippen LogP contribution < -0.4 is 5.73 Å². The van der Waals surface area contributed by atoms with E-state index in [0.29, 0.717) is 0 Å². The largest absolute Gasteiger partial charge is 0.320 e. The van der Waals surface area contributed by atoms with Crippen LogP contribution in [0.25, 0.3) is 0 Å². The van der Waals surface area contributed by atoms with Crippen molar-refractivity contribution in [1.29, 1.82) is 0 Å². The number of nitrogens with two attached hydrogens (primary N) is 1. The number of hydrogen-bond acceptors (Lipinski definition) is 2. The maximum Gasteiger partial charge on any atom is 0.0566 e. The van der Waals surface area contributed by atoms with Gasteiger partial charge in [-0.05, 0) is 17.2 Å². The highest BCUT2D eigenvalue weighted by Crippen LogP contribution is 2.17. The number of nitrogens with zero attached hydrogens (tertiary/aromatic N) is 1. The SMILES string of the molecule is N[C@H](c1ccccc1)c1cccnc1. The molecule has 2 heteroatoms. The molecule has 0 aliphatic carbocycles. The molecule has 0 amide bonds. The molecule has 0 spiro atoms. The van der Waals surface area contributed by atoms with Crippen LogP contribution in [-0.2, 0) is 0 Å². The number of benzene rings is 1. The van der Waals surface area contributed by atoms with E-state index in [4.69, 9.17) is 5.73 Å². The Balaban J connectivity index is 2.30. The Morgan fingerprint density at radius 3 is 2.29 bits per heavy atom. The minimum absolute atomic E-state index is 0.0788. The molecule has 2 nitrogen and oxygen atoms in total. The number of rotatable bonds is 2. The second-order valence-corrected chi connectivity index (χ2v) is 3.17. The highest BCUT2D eigenvalue weighted by Gasteiger charge is 2.06. The van der Waals surface area contributed by atoms with Crippen LogP contribution in [0.2, 0.25) is 0 Å². The van der Waals surface area contributed by atoms with Gasteiger partial charge >= 0.3 is 0 Å². The average molecular weight is 184 g/mol. The third kappa shape index (κ3) is 1.80. The van der Waals surface area contributed by atoms with E-state index in [-0.39, 0.29) is 6.04 Å². The monoisotopic (exact) mass is 184 g/mol. The van der Waals surface area contributed by atoms with E-state index in [1.54, 1.807) is 12.4 Å². The summed E-state index contributed by atoms with van der Waals surface area (Å²) in [7, 11) is 0. The van der Waals surface area contributed by atoms with Gasteiger partial charge in [-0.2, -0.15) is 0 Å². The summed E-state index contributed by atoms with van der Waals surface area (Å²) in [5, 5.41) is 0. The standard InChI is InChI=1S/C12H12N2/c13-12(10-5-2-1-3-6-10)11-7-4-8-14-9-11/h1-9,12H,13H2/t12-/m1/s1. The Hall–Kier alpha value is -1.67. The van der Waals surface area contributed by atoms with Crippen LogP contribution in [0.3, 0.4) is 0 Å². The third-order valence-electron chi connectivity index (χ3n) is 2.20. The lowest BCUT2D eigenvalue weighted by Gasteiger charge is -2.11. The van der Waals surface area contributed by atoms with Crippen molar-refractivity contribution in [3.63, 3.8) is 0 Å². The number of hydrogen-bond donors (Lipinski definition) is 1. The summed E-state index contributed by atoms with van der Waals surface area (Å²) in [6.07, 6.45) is 3.55. The molecular weight excluding hydrogens is 172 g/mol. The maximum atomic E-state index is 6.08. The van der Waals surface area contributed by atoms with Gasteiger partial charge < -0.3 is 5.73 Å². The minimum atomic E-state index is -0.0788. The lowest BCUT2D eigenvalue weighted by atomic mass is 10.0. The first-order valence-electron chi connectivity index (χ1n) is 4.58. The molecule has 0 aliphatic rings. The first-order valence-corrected chi connectivity index (χ1v) is 4.58. The van der Waals surface area contributed by atoms with Crippen LogP contribution in [0, 0.1) is 0 Å². The summed E-state index contributed by atoms with van der Waals surface area (Å²) in [6.45, 7) is 0. The molecule has 1 atom stereocenters. The van der Waals surface area contributed by atoms with E-state index in [9.17, 15) is 0 Å². The van der Waals surface area contributed by atoms with Crippen LogP contribution >= 0.6 is 0 Å². The highest BCUT2D eigenvalue weighted by molar-refractivity contribution is 5.28. The molecule has 2 N–H and O–H groups in total. The van der Waals surface area contributed by atoms with Gasteiger partial charge in [-0.1, -0.05) is 36.4 Å². The molecule has 0 saturated carbocycles. The molecule has 2 rings (SSSR count). The molecule has 2 aromatic rings. The molecule has 0 unspecified atom stereocenters. The van der Waals surface area contributed by atoms with Gasteiger partial charge in [0.2, 0.25) is 0 Å². The summed E-state index contributed by atoms with van der Waals surface area (Å²) >= 11 is 0. The third-order valence-corrected chi connectivity index (χ3v) is 2.20. The molecule has 1 aromatic carbocycles. The average Bonchev–Trinajstić information content (AvgIpc) is 2.30. The van der Waals surface area contributed by atoms with Crippen LogP contribution in [0.5, 0.6) is 0 Å². The van der Waals surface area contributed by atoms with Crippen molar-refractivity contribution >= 4 is 0 Å². The fraction of sp³-hybridized carbons (Fsp3) is 0.0833. The van der Waals surface area contributed by atoms with E-state index in [2.05, 4.69) is 4.98 Å². The van der Waals surface area contributed by atoms with E-state index in [0.717, 1.165) is 11.1 Å². The molecule has 70 valence electrons. The minimum Gasteiger partial charge on any atom is -0.320 e. The summed E-state index contributed by atoms with van der Waals surface area (Å²) in [4.78, 5) is 4.05. The zero-order chi connectivity index (χ0) is 9.80. The molecule has 0 radical (unpaired) electrons. The van der Waals surface area contributed by atoms with Gasteiger partial charge in [-0.25, -0.2) is 0 Å². The van der Waals surface area contributed by atoms with Crippen molar-refractivity contribution in [2.45, 2.75) is 6.04 Å². The van der Waals surface area contributed by atoms with Crippen LogP contribution in [0.4, 0.5) is 0 Å². The summed E-state index contributed by atoms with van der Waals surface area (Å²) in [6, 6.07) is 13.8. The second kappa shape index (κ2) is 4.03. The summed E-state index contributed by atoms with van der Waals surface area (Å²) < 4.78 is 0. The highest BCUT2D eigenvalue weighted by atomic mass is 14.7. The van der Waals surface area contributed by atoms with Crippen molar-refractivity contribution in [2.75, 3.05) is 0 Å². The smallest absolute Gasteiger partial charge is 0.0566 e. The Bertz CT molecular complexity index is 344. The van der Waals surface area contributed by atoms with Crippen LogP contribution in [0.15, 0.2) is 54.9 Å². The Morgan fingerprint density at radius 1 is 0.929 bits per heavy atom. The van der Waals surface area contributed by atoms with E-state index in [1.807, 2.05) is 42.5 Å². The summed E-state index contributed by atoms with van der Waals surface area (Å²) in [5.74, 6) is 0. The van der Waals surface area contributed by atoms with Gasteiger partial charge in [0.1, 0.15) is 0 Å². The molecule has 1 aromatic heterocycles. The number of pyridine rings is 1. The summed E-state index contributed by atoms with van der Waals surface area (Å²) in [5.41, 5.74) is 8.23. The van der Waals surface area contributed by atoms with E-state index in [1.165, 1.54) is 0 Å². The second-order valence-electron chi connectivity index (χ2n) is 3.17. The number of aromatic nitrogens is 1. The van der Waals surface area contributed by atoms with Gasteiger partial charge in [0, 0.05) is 12.4 Å². The molecule has 0 fully saturated rings. The van der Waals surface area contributed by atoms with Crippen molar-refractivity contribution in [1.82, 2.24) is 4.98 Å². The fourth-order valence-electron chi connectivity index (χ4n) is 1.41. The maximum absolute atomic E-state index is 6.08. The van der Waals surface area contributed by atoms with Gasteiger partial charge in [-0.15, -0.1) is 0 Å². The molecule has 0 aliphatic heterocycles. The fourth-order valence-corrected chi connectivity index (χ4v) is 1.41. The van der Waals surface area contributed by atoms with Gasteiger partial charge in [0.05, 0.1) is 6.04 Å². The van der Waals surface area contributed by atoms with Crippen molar-refractivity contribution in [2.24, 2.45) is 5.73 Å². The van der Waals surface area contributed by atoms with Gasteiger partial charge in [0.15, 0.2) is 0 Å². The normalized spacial score (nSPS) is 12.4. The van der Waals surface area contributed by atoms with Crippen molar-refractivity contribution in [3.05, 3.63) is 66.0 Å². The zero-order valence-corrected chi connectivity index (χ0v) is 7.80. The van der Waals surface area contributed by atoms with Crippen molar-refractivity contribution in [3.8, 4) is 0 Å². The lowest BCUT2D eigenvalue weighted by Crippen LogP contribution is -2.11. The predicted molar refractivity (Wildman–Crippen MR) is 56.7 cm³/mol. The van der Waals surface area contributed by atoms with Crippen LogP contribution in [0.1, 0.15) is 17.2 Å². The Kier molecular flexibility index (Phi) is 2.56. The Labute approximate surface area is 83.4 Å². The topological polar surface area (TPSA) is 38.9 Å². The molecule has 14 heavy (non-hydrogen) atoms. The first kappa shape index (κ1) is 8.91. The van der Waals surface area contributed by atoms with Crippen LogP contribution in [-0.4, -0.2) is 4.98 Å².